The topological polar surface area (TPSA) is 52.7 Å². The minimum Gasteiger partial charge on any atom is -0.363 e. The molecule has 0 unspecified atom stereocenters. The van der Waals surface area contributed by atoms with Crippen molar-refractivity contribution in [2.24, 2.45) is 5.92 Å². The molecule has 160 valence electrons. The third-order valence-electron chi connectivity index (χ3n) is 5.61. The van der Waals surface area contributed by atoms with Crippen molar-refractivity contribution in [1.29, 1.82) is 0 Å². The molecule has 0 aliphatic carbocycles. The van der Waals surface area contributed by atoms with Crippen LogP contribution in [0, 0.1) is 5.92 Å². The van der Waals surface area contributed by atoms with Crippen molar-refractivity contribution < 1.29 is 9.59 Å². The van der Waals surface area contributed by atoms with Crippen LogP contribution in [0.4, 0.5) is 5.69 Å². The molecule has 6 heteroatoms. The second kappa shape index (κ2) is 9.09. The van der Waals surface area contributed by atoms with Gasteiger partial charge < -0.3 is 15.1 Å². The molecule has 30 heavy (non-hydrogen) atoms. The van der Waals surface area contributed by atoms with Crippen molar-refractivity contribution in [2.75, 3.05) is 24.5 Å². The second-order valence-electron chi connectivity index (χ2n) is 8.76. The lowest BCUT2D eigenvalue weighted by Crippen LogP contribution is -2.63. The van der Waals surface area contributed by atoms with Crippen molar-refractivity contribution >= 4 is 29.1 Å². The number of anilines is 1. The number of amides is 2. The molecule has 5 nitrogen and oxygen atoms in total. The average Bonchev–Trinajstić information content (AvgIpc) is 2.72. The molecular weight excluding hydrogens is 398 g/mol. The standard InChI is InChI=1S/C24H30ClN3O2/c1-17(2)21(26-22(29)18-8-6-5-7-9-18)23(30)27-14-15-28(24(3,4)16-27)20-12-10-19(25)11-13-20/h5-13,17,21H,14-16H2,1-4H3,(H,26,29)/t21-/m1/s1. The van der Waals surface area contributed by atoms with E-state index in [1.54, 1.807) is 12.1 Å². The van der Waals surface area contributed by atoms with E-state index in [9.17, 15) is 9.59 Å². The van der Waals surface area contributed by atoms with Crippen molar-refractivity contribution in [3.8, 4) is 0 Å². The van der Waals surface area contributed by atoms with Crippen molar-refractivity contribution in [1.82, 2.24) is 10.2 Å². The summed E-state index contributed by atoms with van der Waals surface area (Å²) >= 11 is 6.03. The van der Waals surface area contributed by atoms with Gasteiger partial charge in [0.1, 0.15) is 6.04 Å². The van der Waals surface area contributed by atoms with Crippen LogP contribution in [0.25, 0.3) is 0 Å². The predicted octanol–water partition coefficient (Wildman–Crippen LogP) is 4.22. The van der Waals surface area contributed by atoms with Crippen molar-refractivity contribution in [3.63, 3.8) is 0 Å². The van der Waals surface area contributed by atoms with E-state index in [0.717, 1.165) is 12.2 Å². The predicted molar refractivity (Wildman–Crippen MR) is 122 cm³/mol. The highest BCUT2D eigenvalue weighted by molar-refractivity contribution is 6.30. The summed E-state index contributed by atoms with van der Waals surface area (Å²) in [4.78, 5) is 30.2. The molecule has 2 amide bonds. The number of carbonyl (C=O) groups excluding carboxylic acids is 2. The van der Waals surface area contributed by atoms with Gasteiger partial charge in [0.25, 0.3) is 5.91 Å². The fourth-order valence-corrected chi connectivity index (χ4v) is 4.09. The zero-order valence-electron chi connectivity index (χ0n) is 18.1. The number of hydrogen-bond acceptors (Lipinski definition) is 3. The Kier molecular flexibility index (Phi) is 6.71. The second-order valence-corrected chi connectivity index (χ2v) is 9.20. The van der Waals surface area contributed by atoms with Gasteiger partial charge in [-0.05, 0) is 56.2 Å². The lowest BCUT2D eigenvalue weighted by atomic mass is 9.95. The molecule has 0 aromatic heterocycles. The number of halogens is 1. The third kappa shape index (κ3) is 4.96. The van der Waals surface area contributed by atoms with E-state index in [4.69, 9.17) is 11.6 Å². The highest BCUT2D eigenvalue weighted by atomic mass is 35.5. The Balaban J connectivity index is 1.72. The van der Waals surface area contributed by atoms with E-state index in [-0.39, 0.29) is 23.3 Å². The van der Waals surface area contributed by atoms with Gasteiger partial charge in [0.05, 0.1) is 5.54 Å². The molecule has 1 N–H and O–H groups in total. The Bertz CT molecular complexity index is 881. The molecule has 1 heterocycles. The lowest BCUT2D eigenvalue weighted by Gasteiger charge is -2.49. The molecule has 1 aliphatic rings. The maximum atomic E-state index is 13.4. The molecule has 3 rings (SSSR count). The molecular formula is C24H30ClN3O2. The lowest BCUT2D eigenvalue weighted by molar-refractivity contribution is -0.135. The van der Waals surface area contributed by atoms with Crippen LogP contribution < -0.4 is 10.2 Å². The van der Waals surface area contributed by atoms with E-state index >= 15 is 0 Å². The summed E-state index contributed by atoms with van der Waals surface area (Å²) in [5.74, 6) is -0.262. The highest BCUT2D eigenvalue weighted by Gasteiger charge is 2.38. The summed E-state index contributed by atoms with van der Waals surface area (Å²) in [5.41, 5.74) is 1.41. The Morgan fingerprint density at radius 3 is 2.20 bits per heavy atom. The van der Waals surface area contributed by atoms with Crippen LogP contribution in [0.15, 0.2) is 54.6 Å². The van der Waals surface area contributed by atoms with Crippen LogP contribution in [0.2, 0.25) is 5.02 Å². The summed E-state index contributed by atoms with van der Waals surface area (Å²) in [6.45, 7) is 10.1. The molecule has 0 spiro atoms. The van der Waals surface area contributed by atoms with E-state index in [0.29, 0.717) is 23.7 Å². The first kappa shape index (κ1) is 22.2. The largest absolute Gasteiger partial charge is 0.363 e. The molecule has 1 fully saturated rings. The number of benzene rings is 2. The smallest absolute Gasteiger partial charge is 0.251 e. The zero-order valence-corrected chi connectivity index (χ0v) is 18.8. The Morgan fingerprint density at radius 2 is 1.63 bits per heavy atom. The number of nitrogens with zero attached hydrogens (tertiary/aromatic N) is 2. The summed E-state index contributed by atoms with van der Waals surface area (Å²) < 4.78 is 0. The maximum absolute atomic E-state index is 13.4. The van der Waals surface area contributed by atoms with Crippen LogP contribution in [-0.2, 0) is 4.79 Å². The van der Waals surface area contributed by atoms with Gasteiger partial charge in [0.2, 0.25) is 5.91 Å². The Hall–Kier alpha value is -2.53. The first-order valence-electron chi connectivity index (χ1n) is 10.4. The first-order valence-corrected chi connectivity index (χ1v) is 10.7. The van der Waals surface area contributed by atoms with E-state index in [1.165, 1.54) is 0 Å². The van der Waals surface area contributed by atoms with Gasteiger partial charge in [-0.15, -0.1) is 0 Å². The molecule has 2 aromatic rings. The SMILES string of the molecule is CC(C)[C@@H](NC(=O)c1ccccc1)C(=O)N1CCN(c2ccc(Cl)cc2)C(C)(C)C1. The molecule has 0 radical (unpaired) electrons. The third-order valence-corrected chi connectivity index (χ3v) is 5.86. The minimum absolute atomic E-state index is 0.0115. The van der Waals surface area contributed by atoms with Crippen LogP contribution in [0.1, 0.15) is 38.1 Å². The van der Waals surface area contributed by atoms with Gasteiger partial charge in [-0.3, -0.25) is 9.59 Å². The van der Waals surface area contributed by atoms with Crippen LogP contribution in [0.3, 0.4) is 0 Å². The average molecular weight is 428 g/mol. The van der Waals surface area contributed by atoms with E-state index in [2.05, 4.69) is 24.1 Å². The quantitative estimate of drug-likeness (QED) is 0.777. The van der Waals surface area contributed by atoms with Gasteiger partial charge in [0.15, 0.2) is 0 Å². The maximum Gasteiger partial charge on any atom is 0.251 e. The molecule has 1 aliphatic heterocycles. The van der Waals surface area contributed by atoms with Crippen molar-refractivity contribution in [2.45, 2.75) is 39.3 Å². The number of hydrogen-bond donors (Lipinski definition) is 1. The summed E-state index contributed by atoms with van der Waals surface area (Å²) in [6.07, 6.45) is 0. The molecule has 0 bridgehead atoms. The minimum atomic E-state index is -0.560. The van der Waals surface area contributed by atoms with E-state index in [1.807, 2.05) is 61.2 Å². The van der Waals surface area contributed by atoms with Gasteiger partial charge >= 0.3 is 0 Å². The normalized spacial score (nSPS) is 17.0. The Morgan fingerprint density at radius 1 is 1.00 bits per heavy atom. The van der Waals surface area contributed by atoms with Gasteiger partial charge in [-0.1, -0.05) is 43.6 Å². The van der Waals surface area contributed by atoms with Crippen molar-refractivity contribution in [3.05, 3.63) is 65.2 Å². The first-order chi connectivity index (χ1) is 14.2. The summed E-state index contributed by atoms with van der Waals surface area (Å²) in [5, 5.41) is 3.66. The summed E-state index contributed by atoms with van der Waals surface area (Å²) in [6, 6.07) is 16.3. The highest BCUT2D eigenvalue weighted by Crippen LogP contribution is 2.29. The number of rotatable bonds is 5. The Labute approximate surface area is 184 Å². The number of carbonyl (C=O) groups is 2. The fraction of sp³-hybridized carbons (Fsp3) is 0.417. The number of nitrogens with one attached hydrogen (secondary N) is 1. The monoisotopic (exact) mass is 427 g/mol. The molecule has 2 aromatic carbocycles. The molecule has 0 saturated carbocycles. The van der Waals surface area contributed by atoms with Crippen LogP contribution in [-0.4, -0.2) is 47.9 Å². The summed E-state index contributed by atoms with van der Waals surface area (Å²) in [7, 11) is 0. The van der Waals surface area contributed by atoms with Gasteiger partial charge in [-0.2, -0.15) is 0 Å². The molecule has 1 atom stereocenters. The van der Waals surface area contributed by atoms with Crippen LogP contribution >= 0.6 is 11.6 Å². The number of piperazine rings is 1. The van der Waals surface area contributed by atoms with Crippen LogP contribution in [0.5, 0.6) is 0 Å². The van der Waals surface area contributed by atoms with E-state index < -0.39 is 6.04 Å². The molecule has 1 saturated heterocycles. The van der Waals surface area contributed by atoms with Gasteiger partial charge in [-0.25, -0.2) is 0 Å². The zero-order chi connectivity index (χ0) is 21.9. The fourth-order valence-electron chi connectivity index (χ4n) is 3.97. The van der Waals surface area contributed by atoms with Gasteiger partial charge in [0, 0.05) is 35.9 Å².